The highest BCUT2D eigenvalue weighted by Gasteiger charge is 2.19. The second-order valence-electron chi connectivity index (χ2n) is 7.11. The summed E-state index contributed by atoms with van der Waals surface area (Å²) in [5.41, 5.74) is 1.75. The van der Waals surface area contributed by atoms with Gasteiger partial charge in [-0.2, -0.15) is 0 Å². The zero-order valence-corrected chi connectivity index (χ0v) is 21.7. The van der Waals surface area contributed by atoms with Crippen molar-refractivity contribution >= 4 is 61.5 Å². The first-order valence-corrected chi connectivity index (χ1v) is 12.5. The maximum absolute atomic E-state index is 12.9. The van der Waals surface area contributed by atoms with E-state index < -0.39 is 5.91 Å². The van der Waals surface area contributed by atoms with E-state index in [0.29, 0.717) is 59.9 Å². The summed E-state index contributed by atoms with van der Waals surface area (Å²) in [4.78, 5) is 29.0. The number of nitrogens with one attached hydrogen (secondary N) is 3. The number of hydrogen-bond donors (Lipinski definition) is 3. The molecule has 0 saturated heterocycles. The smallest absolute Gasteiger partial charge is 0.257 e. The summed E-state index contributed by atoms with van der Waals surface area (Å²) in [6, 6.07) is 8.66. The summed E-state index contributed by atoms with van der Waals surface area (Å²) in [5.74, 6) is 0.786. The van der Waals surface area contributed by atoms with Crippen LogP contribution in [0.3, 0.4) is 0 Å². The van der Waals surface area contributed by atoms with Gasteiger partial charge in [0.2, 0.25) is 11.7 Å². The molecule has 0 unspecified atom stereocenters. The van der Waals surface area contributed by atoms with Crippen molar-refractivity contribution in [1.82, 2.24) is 10.3 Å². The van der Waals surface area contributed by atoms with Gasteiger partial charge in [0.1, 0.15) is 0 Å². The zero-order chi connectivity index (χ0) is 25.4. The van der Waals surface area contributed by atoms with Crippen molar-refractivity contribution < 1.29 is 23.8 Å². The van der Waals surface area contributed by atoms with Gasteiger partial charge >= 0.3 is 0 Å². The van der Waals surface area contributed by atoms with E-state index in [1.165, 1.54) is 11.3 Å². The molecule has 0 spiro atoms. The van der Waals surface area contributed by atoms with Gasteiger partial charge in [-0.15, -0.1) is 0 Å². The minimum atomic E-state index is -0.420. The molecular weight excluding hydrogens is 488 g/mol. The van der Waals surface area contributed by atoms with Crippen LogP contribution in [0, 0.1) is 0 Å². The SMILES string of the molecule is CCOc1cc(C(=O)NC(=S)Nc2ccc3nc(NC(=O)CC)sc3c2)cc(OCC)c1OCC. The van der Waals surface area contributed by atoms with E-state index in [0.717, 1.165) is 10.2 Å². The molecule has 0 atom stereocenters. The van der Waals surface area contributed by atoms with Crippen LogP contribution < -0.4 is 30.2 Å². The monoisotopic (exact) mass is 516 g/mol. The molecule has 3 rings (SSSR count). The third kappa shape index (κ3) is 6.80. The van der Waals surface area contributed by atoms with Gasteiger partial charge in [-0.05, 0) is 63.3 Å². The van der Waals surface area contributed by atoms with Crippen molar-refractivity contribution in [3.63, 3.8) is 0 Å². The lowest BCUT2D eigenvalue weighted by molar-refractivity contribution is -0.115. The van der Waals surface area contributed by atoms with Crippen LogP contribution in [0.5, 0.6) is 17.2 Å². The number of nitrogens with zero attached hydrogens (tertiary/aromatic N) is 1. The zero-order valence-electron chi connectivity index (χ0n) is 20.0. The fourth-order valence-electron chi connectivity index (χ4n) is 3.12. The Balaban J connectivity index is 1.74. The van der Waals surface area contributed by atoms with Crippen LogP contribution in [-0.4, -0.2) is 41.7 Å². The third-order valence-electron chi connectivity index (χ3n) is 4.61. The molecule has 0 radical (unpaired) electrons. The van der Waals surface area contributed by atoms with Crippen molar-refractivity contribution in [2.75, 3.05) is 30.5 Å². The molecule has 3 aromatic rings. The molecule has 0 bridgehead atoms. The fraction of sp³-hybridized carbons (Fsp3) is 0.333. The number of aromatic nitrogens is 1. The van der Waals surface area contributed by atoms with Gasteiger partial charge < -0.3 is 24.8 Å². The Bertz CT molecular complexity index is 1200. The molecule has 2 aromatic carbocycles. The van der Waals surface area contributed by atoms with Crippen LogP contribution in [0.1, 0.15) is 44.5 Å². The highest BCUT2D eigenvalue weighted by Crippen LogP contribution is 2.39. The van der Waals surface area contributed by atoms with Crippen molar-refractivity contribution in [2.24, 2.45) is 0 Å². The second-order valence-corrected chi connectivity index (χ2v) is 8.55. The van der Waals surface area contributed by atoms with E-state index in [4.69, 9.17) is 26.4 Å². The number of thiocarbonyl (C=S) groups is 1. The van der Waals surface area contributed by atoms with Gasteiger partial charge in [-0.25, -0.2) is 4.98 Å². The number of ether oxygens (including phenoxy) is 3. The van der Waals surface area contributed by atoms with Crippen molar-refractivity contribution in [3.8, 4) is 17.2 Å². The van der Waals surface area contributed by atoms with E-state index in [-0.39, 0.29) is 11.0 Å². The number of anilines is 2. The topological polar surface area (TPSA) is 111 Å². The quantitative estimate of drug-likeness (QED) is 0.324. The summed E-state index contributed by atoms with van der Waals surface area (Å²) in [5, 5.41) is 9.11. The standard InChI is InChI=1S/C24H28N4O5S2/c1-5-20(29)27-24-26-16-10-9-15(13-19(16)35-24)25-23(34)28-22(30)14-11-17(31-6-2)21(33-8-4)18(12-14)32-7-3/h9-13H,5-8H2,1-4H3,(H,26,27,29)(H2,25,28,30,34). The molecule has 0 aliphatic carbocycles. The fourth-order valence-corrected chi connectivity index (χ4v) is 4.25. The summed E-state index contributed by atoms with van der Waals surface area (Å²) in [6.07, 6.45) is 0.378. The Hall–Kier alpha value is -3.44. The van der Waals surface area contributed by atoms with E-state index in [1.807, 2.05) is 32.9 Å². The van der Waals surface area contributed by atoms with E-state index in [1.54, 1.807) is 25.1 Å². The van der Waals surface area contributed by atoms with E-state index in [2.05, 4.69) is 20.9 Å². The molecule has 11 heteroatoms. The molecule has 0 aliphatic heterocycles. The Morgan fingerprint density at radius 2 is 1.60 bits per heavy atom. The van der Waals surface area contributed by atoms with Crippen LogP contribution in [0.15, 0.2) is 30.3 Å². The number of thiazole rings is 1. The van der Waals surface area contributed by atoms with Crippen molar-refractivity contribution in [2.45, 2.75) is 34.1 Å². The molecule has 2 amide bonds. The second kappa shape index (κ2) is 12.3. The molecule has 3 N–H and O–H groups in total. The van der Waals surface area contributed by atoms with E-state index in [9.17, 15) is 9.59 Å². The molecule has 0 fully saturated rings. The third-order valence-corrected chi connectivity index (χ3v) is 5.75. The number of benzene rings is 2. The molecule has 186 valence electrons. The number of hydrogen-bond acceptors (Lipinski definition) is 8. The van der Waals surface area contributed by atoms with E-state index >= 15 is 0 Å². The number of carbonyl (C=O) groups is 2. The van der Waals surface area contributed by atoms with Crippen LogP contribution >= 0.6 is 23.6 Å². The minimum absolute atomic E-state index is 0.0967. The highest BCUT2D eigenvalue weighted by atomic mass is 32.1. The normalized spacial score (nSPS) is 10.5. The first-order chi connectivity index (χ1) is 16.9. The van der Waals surface area contributed by atoms with Gasteiger partial charge in [0.05, 0.1) is 30.0 Å². The molecule has 1 heterocycles. The lowest BCUT2D eigenvalue weighted by Crippen LogP contribution is -2.34. The number of rotatable bonds is 10. The van der Waals surface area contributed by atoms with Crippen LogP contribution in [-0.2, 0) is 4.79 Å². The molecule has 0 aliphatic rings. The Morgan fingerprint density at radius 3 is 2.20 bits per heavy atom. The largest absolute Gasteiger partial charge is 0.490 e. The van der Waals surface area contributed by atoms with Crippen LogP contribution in [0.4, 0.5) is 10.8 Å². The predicted molar refractivity (Wildman–Crippen MR) is 142 cm³/mol. The number of amides is 2. The summed E-state index contributed by atoms with van der Waals surface area (Å²) < 4.78 is 17.9. The first kappa shape index (κ1) is 26.2. The molecule has 9 nitrogen and oxygen atoms in total. The molecular formula is C24H28N4O5S2. The minimum Gasteiger partial charge on any atom is -0.490 e. The average Bonchev–Trinajstić information content (AvgIpc) is 3.22. The van der Waals surface area contributed by atoms with Crippen molar-refractivity contribution in [3.05, 3.63) is 35.9 Å². The van der Waals surface area contributed by atoms with Gasteiger partial charge in [-0.3, -0.25) is 14.9 Å². The average molecular weight is 517 g/mol. The first-order valence-electron chi connectivity index (χ1n) is 11.3. The summed E-state index contributed by atoms with van der Waals surface area (Å²) in [6.45, 7) is 8.58. The van der Waals surface area contributed by atoms with Gasteiger partial charge in [0.25, 0.3) is 5.91 Å². The molecule has 0 saturated carbocycles. The van der Waals surface area contributed by atoms with Gasteiger partial charge in [0, 0.05) is 17.7 Å². The summed E-state index contributed by atoms with van der Waals surface area (Å²) >= 11 is 6.71. The Labute approximate surface area is 213 Å². The van der Waals surface area contributed by atoms with Crippen LogP contribution in [0.25, 0.3) is 10.2 Å². The Kier molecular flexibility index (Phi) is 9.21. The Morgan fingerprint density at radius 1 is 0.943 bits per heavy atom. The lowest BCUT2D eigenvalue weighted by atomic mass is 10.1. The lowest BCUT2D eigenvalue weighted by Gasteiger charge is -2.17. The number of carbonyl (C=O) groups excluding carboxylic acids is 2. The van der Waals surface area contributed by atoms with Crippen LogP contribution in [0.2, 0.25) is 0 Å². The van der Waals surface area contributed by atoms with Gasteiger partial charge in [-0.1, -0.05) is 18.3 Å². The molecule has 1 aromatic heterocycles. The molecule has 35 heavy (non-hydrogen) atoms. The maximum Gasteiger partial charge on any atom is 0.257 e. The number of fused-ring (bicyclic) bond motifs is 1. The maximum atomic E-state index is 12.9. The predicted octanol–water partition coefficient (Wildman–Crippen LogP) is 4.97. The highest BCUT2D eigenvalue weighted by molar-refractivity contribution is 7.80. The van der Waals surface area contributed by atoms with Gasteiger partial charge in [0.15, 0.2) is 21.7 Å². The van der Waals surface area contributed by atoms with Crippen molar-refractivity contribution in [1.29, 1.82) is 0 Å². The summed E-state index contributed by atoms with van der Waals surface area (Å²) in [7, 11) is 0.